The lowest BCUT2D eigenvalue weighted by Gasteiger charge is -2.31. The Morgan fingerprint density at radius 3 is 3.00 bits per heavy atom. The van der Waals surface area contributed by atoms with Gasteiger partial charge in [-0.2, -0.15) is 0 Å². The maximum absolute atomic E-state index is 6.02. The lowest BCUT2D eigenvalue weighted by atomic mass is 10.0. The average molecular weight is 296 g/mol. The van der Waals surface area contributed by atoms with E-state index in [0.717, 1.165) is 19.2 Å². The molecule has 3 heterocycles. The van der Waals surface area contributed by atoms with Crippen molar-refractivity contribution in [2.24, 2.45) is 0 Å². The van der Waals surface area contributed by atoms with E-state index in [9.17, 15) is 0 Å². The fourth-order valence-electron chi connectivity index (χ4n) is 3.88. The van der Waals surface area contributed by atoms with Gasteiger partial charge in [-0.15, -0.1) is 0 Å². The van der Waals surface area contributed by atoms with Gasteiger partial charge in [0.25, 0.3) is 0 Å². The second kappa shape index (κ2) is 7.88. The number of piperazine rings is 1. The molecule has 0 radical (unpaired) electrons. The van der Waals surface area contributed by atoms with Gasteiger partial charge in [0.05, 0.1) is 0 Å². The van der Waals surface area contributed by atoms with Gasteiger partial charge >= 0.3 is 0 Å². The summed E-state index contributed by atoms with van der Waals surface area (Å²) in [6, 6.07) is 1.38. The molecule has 2 N–H and O–H groups in total. The number of ether oxygens (including phenoxy) is 1. The molecule has 3 atom stereocenters. The summed E-state index contributed by atoms with van der Waals surface area (Å²) in [5.41, 5.74) is 3.53. The van der Waals surface area contributed by atoms with Crippen molar-refractivity contribution in [3.8, 4) is 0 Å². The first kappa shape index (κ1) is 15.7. The molecular formula is C16H32N4O. The number of nitrogens with one attached hydrogen (secondary N) is 2. The van der Waals surface area contributed by atoms with E-state index in [-0.39, 0.29) is 6.23 Å². The average Bonchev–Trinajstić information content (AvgIpc) is 2.89. The highest BCUT2D eigenvalue weighted by Gasteiger charge is 2.33. The maximum atomic E-state index is 6.02. The van der Waals surface area contributed by atoms with Crippen molar-refractivity contribution in [3.63, 3.8) is 0 Å². The van der Waals surface area contributed by atoms with Crippen LogP contribution in [0.25, 0.3) is 0 Å². The highest BCUT2D eigenvalue weighted by atomic mass is 16.5. The van der Waals surface area contributed by atoms with Crippen LogP contribution in [0.1, 0.15) is 45.4 Å². The fourth-order valence-corrected chi connectivity index (χ4v) is 3.88. The summed E-state index contributed by atoms with van der Waals surface area (Å²) in [7, 11) is 0. The zero-order valence-corrected chi connectivity index (χ0v) is 13.5. The molecule has 5 nitrogen and oxygen atoms in total. The summed E-state index contributed by atoms with van der Waals surface area (Å²) in [5.74, 6) is 0. The molecule has 0 amide bonds. The number of piperidine rings is 1. The van der Waals surface area contributed by atoms with E-state index in [2.05, 4.69) is 27.6 Å². The van der Waals surface area contributed by atoms with E-state index in [1.807, 2.05) is 0 Å². The van der Waals surface area contributed by atoms with Gasteiger partial charge in [-0.3, -0.25) is 0 Å². The Hall–Kier alpha value is -0.200. The minimum atomic E-state index is 0.271. The molecule has 21 heavy (non-hydrogen) atoms. The van der Waals surface area contributed by atoms with Crippen LogP contribution in [0, 0.1) is 0 Å². The SMILES string of the molecule is C[C@H]1CN(CCCCOC2CC3CCCCN3N2)CCN1. The Balaban J connectivity index is 1.24. The van der Waals surface area contributed by atoms with E-state index >= 15 is 0 Å². The molecule has 2 unspecified atom stereocenters. The maximum Gasteiger partial charge on any atom is 0.122 e. The summed E-state index contributed by atoms with van der Waals surface area (Å²) in [4.78, 5) is 2.58. The van der Waals surface area contributed by atoms with Gasteiger partial charge in [-0.05, 0) is 39.2 Å². The van der Waals surface area contributed by atoms with Crippen molar-refractivity contribution in [3.05, 3.63) is 0 Å². The Morgan fingerprint density at radius 2 is 2.14 bits per heavy atom. The van der Waals surface area contributed by atoms with Crippen LogP contribution >= 0.6 is 0 Å². The molecule has 3 saturated heterocycles. The van der Waals surface area contributed by atoms with Gasteiger partial charge in [-0.25, -0.2) is 10.4 Å². The summed E-state index contributed by atoms with van der Waals surface area (Å²) in [6.07, 6.45) is 7.95. The van der Waals surface area contributed by atoms with Crippen LogP contribution in [0.3, 0.4) is 0 Å². The van der Waals surface area contributed by atoms with E-state index in [1.54, 1.807) is 0 Å². The van der Waals surface area contributed by atoms with E-state index in [4.69, 9.17) is 4.74 Å². The second-order valence-corrected chi connectivity index (χ2v) is 6.93. The number of hydrogen-bond acceptors (Lipinski definition) is 5. The first-order chi connectivity index (χ1) is 10.3. The zero-order valence-electron chi connectivity index (χ0n) is 13.5. The predicted molar refractivity (Wildman–Crippen MR) is 85.0 cm³/mol. The molecule has 122 valence electrons. The minimum absolute atomic E-state index is 0.271. The summed E-state index contributed by atoms with van der Waals surface area (Å²) in [5, 5.41) is 5.91. The number of rotatable bonds is 6. The minimum Gasteiger partial charge on any atom is -0.362 e. The molecule has 0 aliphatic carbocycles. The molecule has 0 aromatic heterocycles. The molecule has 0 spiro atoms. The van der Waals surface area contributed by atoms with Crippen molar-refractivity contribution in [2.45, 2.75) is 63.8 Å². The smallest absolute Gasteiger partial charge is 0.122 e. The van der Waals surface area contributed by atoms with Crippen LogP contribution in [0.4, 0.5) is 0 Å². The molecular weight excluding hydrogens is 264 g/mol. The van der Waals surface area contributed by atoms with Gasteiger partial charge < -0.3 is 15.0 Å². The highest BCUT2D eigenvalue weighted by Crippen LogP contribution is 2.25. The zero-order chi connectivity index (χ0) is 14.5. The first-order valence-electron chi connectivity index (χ1n) is 8.91. The lowest BCUT2D eigenvalue weighted by Crippen LogP contribution is -2.49. The monoisotopic (exact) mass is 296 g/mol. The third-order valence-corrected chi connectivity index (χ3v) is 5.06. The van der Waals surface area contributed by atoms with Crippen molar-refractivity contribution in [1.82, 2.24) is 20.7 Å². The largest absolute Gasteiger partial charge is 0.362 e. The van der Waals surface area contributed by atoms with E-state index in [1.165, 1.54) is 64.7 Å². The molecule has 3 aliphatic rings. The topological polar surface area (TPSA) is 39.8 Å². The number of hydrogen-bond donors (Lipinski definition) is 2. The number of fused-ring (bicyclic) bond motifs is 1. The standard InChI is InChI=1S/C16H32N4O/c1-14-13-19(10-7-17-14)8-4-5-11-21-16-12-15-6-2-3-9-20(15)18-16/h14-18H,2-13H2,1H3/t14-,15?,16?/m0/s1. The van der Waals surface area contributed by atoms with Crippen LogP contribution in [0.5, 0.6) is 0 Å². The Morgan fingerprint density at radius 1 is 1.19 bits per heavy atom. The van der Waals surface area contributed by atoms with Crippen LogP contribution in [0.15, 0.2) is 0 Å². The van der Waals surface area contributed by atoms with Gasteiger partial charge in [0.2, 0.25) is 0 Å². The molecule has 3 aliphatic heterocycles. The van der Waals surface area contributed by atoms with Gasteiger partial charge in [-0.1, -0.05) is 6.42 Å². The van der Waals surface area contributed by atoms with E-state index < -0.39 is 0 Å². The quantitative estimate of drug-likeness (QED) is 0.720. The lowest BCUT2D eigenvalue weighted by molar-refractivity contribution is 0.0123. The summed E-state index contributed by atoms with van der Waals surface area (Å²) >= 11 is 0. The second-order valence-electron chi connectivity index (χ2n) is 6.93. The Kier molecular flexibility index (Phi) is 5.89. The molecule has 0 aromatic rings. The fraction of sp³-hybridized carbons (Fsp3) is 1.00. The normalized spacial score (nSPS) is 35.0. The van der Waals surface area contributed by atoms with Crippen molar-refractivity contribution >= 4 is 0 Å². The molecule has 0 saturated carbocycles. The van der Waals surface area contributed by atoms with E-state index in [0.29, 0.717) is 6.04 Å². The molecule has 3 fully saturated rings. The highest BCUT2D eigenvalue weighted by molar-refractivity contribution is 4.83. The van der Waals surface area contributed by atoms with Crippen molar-refractivity contribution < 1.29 is 4.74 Å². The Labute approximate surface area is 129 Å². The third kappa shape index (κ3) is 4.63. The molecule has 5 heteroatoms. The summed E-state index contributed by atoms with van der Waals surface area (Å²) < 4.78 is 6.02. The number of hydrazine groups is 1. The van der Waals surface area contributed by atoms with Gasteiger partial charge in [0.1, 0.15) is 6.23 Å². The number of nitrogens with zero attached hydrogens (tertiary/aromatic N) is 2. The van der Waals surface area contributed by atoms with Gasteiger partial charge in [0.15, 0.2) is 0 Å². The van der Waals surface area contributed by atoms with Crippen LogP contribution in [-0.2, 0) is 4.74 Å². The molecule has 0 bridgehead atoms. The number of unbranched alkanes of at least 4 members (excludes halogenated alkanes) is 1. The van der Waals surface area contributed by atoms with Crippen molar-refractivity contribution in [1.29, 1.82) is 0 Å². The third-order valence-electron chi connectivity index (χ3n) is 5.06. The van der Waals surface area contributed by atoms with Crippen LogP contribution < -0.4 is 10.7 Å². The summed E-state index contributed by atoms with van der Waals surface area (Å²) in [6.45, 7) is 9.14. The molecule has 3 rings (SSSR count). The van der Waals surface area contributed by atoms with Gasteiger partial charge in [0, 0.05) is 51.3 Å². The predicted octanol–water partition coefficient (Wildman–Crippen LogP) is 1.17. The van der Waals surface area contributed by atoms with Crippen molar-refractivity contribution in [2.75, 3.05) is 39.3 Å². The Bertz CT molecular complexity index is 301. The first-order valence-corrected chi connectivity index (χ1v) is 8.91. The molecule has 0 aromatic carbocycles. The van der Waals surface area contributed by atoms with Crippen LogP contribution in [0.2, 0.25) is 0 Å². The van der Waals surface area contributed by atoms with Crippen LogP contribution in [-0.4, -0.2) is 67.6 Å².